The quantitative estimate of drug-likeness (QED) is 0.716. The Morgan fingerprint density at radius 2 is 1.95 bits per heavy atom. The van der Waals surface area contributed by atoms with E-state index in [2.05, 4.69) is 27.5 Å². The summed E-state index contributed by atoms with van der Waals surface area (Å²) in [5.41, 5.74) is 5.66. The average molecular weight is 278 g/mol. The SMILES string of the molecule is CCCNc1cc(NCC(=O)N2CCCC2)nc(N)n1. The van der Waals surface area contributed by atoms with E-state index in [4.69, 9.17) is 5.73 Å². The van der Waals surface area contributed by atoms with Crippen LogP contribution in [0.5, 0.6) is 0 Å². The molecule has 2 heterocycles. The Labute approximate surface area is 119 Å². The second kappa shape index (κ2) is 6.93. The predicted octanol–water partition coefficient (Wildman–Crippen LogP) is 0.915. The van der Waals surface area contributed by atoms with Crippen molar-refractivity contribution in [2.75, 3.05) is 42.5 Å². The number of likely N-dealkylation sites (tertiary alicyclic amines) is 1. The van der Waals surface area contributed by atoms with Crippen molar-refractivity contribution < 1.29 is 4.79 Å². The van der Waals surface area contributed by atoms with Gasteiger partial charge in [0.25, 0.3) is 0 Å². The maximum atomic E-state index is 11.9. The van der Waals surface area contributed by atoms with Crippen molar-refractivity contribution in [2.24, 2.45) is 0 Å². The van der Waals surface area contributed by atoms with Crippen LogP contribution in [0.15, 0.2) is 6.07 Å². The van der Waals surface area contributed by atoms with Gasteiger partial charge >= 0.3 is 0 Å². The Bertz CT molecular complexity index is 458. The summed E-state index contributed by atoms with van der Waals surface area (Å²) in [5.74, 6) is 1.55. The molecule has 0 radical (unpaired) electrons. The largest absolute Gasteiger partial charge is 0.370 e. The van der Waals surface area contributed by atoms with E-state index in [9.17, 15) is 4.79 Å². The number of nitrogens with two attached hydrogens (primary N) is 1. The zero-order valence-electron chi connectivity index (χ0n) is 11.9. The summed E-state index contributed by atoms with van der Waals surface area (Å²) in [7, 11) is 0. The van der Waals surface area contributed by atoms with Crippen molar-refractivity contribution in [2.45, 2.75) is 26.2 Å². The van der Waals surface area contributed by atoms with Crippen LogP contribution in [0.1, 0.15) is 26.2 Å². The molecule has 1 aliphatic rings. The van der Waals surface area contributed by atoms with Crippen molar-refractivity contribution in [3.05, 3.63) is 6.07 Å². The second-order valence-corrected chi connectivity index (χ2v) is 4.86. The van der Waals surface area contributed by atoms with Crippen LogP contribution in [0, 0.1) is 0 Å². The summed E-state index contributed by atoms with van der Waals surface area (Å²) in [5, 5.41) is 6.17. The molecule has 7 nitrogen and oxygen atoms in total. The van der Waals surface area contributed by atoms with Gasteiger partial charge in [-0.2, -0.15) is 9.97 Å². The van der Waals surface area contributed by atoms with E-state index in [0.29, 0.717) is 11.6 Å². The van der Waals surface area contributed by atoms with Gasteiger partial charge in [-0.05, 0) is 19.3 Å². The summed E-state index contributed by atoms with van der Waals surface area (Å²) in [6.45, 7) is 4.85. The van der Waals surface area contributed by atoms with Gasteiger partial charge in [-0.1, -0.05) is 6.92 Å². The zero-order valence-corrected chi connectivity index (χ0v) is 11.9. The van der Waals surface area contributed by atoms with Crippen LogP contribution in [0.25, 0.3) is 0 Å². The summed E-state index contributed by atoms with van der Waals surface area (Å²) in [6, 6.07) is 1.77. The first-order chi connectivity index (χ1) is 9.69. The van der Waals surface area contributed by atoms with Crippen LogP contribution < -0.4 is 16.4 Å². The monoisotopic (exact) mass is 278 g/mol. The van der Waals surface area contributed by atoms with Gasteiger partial charge < -0.3 is 21.3 Å². The Morgan fingerprint density at radius 1 is 1.30 bits per heavy atom. The molecule has 1 saturated heterocycles. The Balaban J connectivity index is 1.91. The third-order valence-corrected chi connectivity index (χ3v) is 3.18. The molecule has 2 rings (SSSR count). The van der Waals surface area contributed by atoms with Gasteiger partial charge in [0.05, 0.1) is 6.54 Å². The molecule has 0 unspecified atom stereocenters. The number of hydrogen-bond donors (Lipinski definition) is 3. The molecule has 0 aromatic carbocycles. The number of anilines is 3. The standard InChI is InChI=1S/C13H22N6O/c1-2-5-15-10-8-11(18-13(14)17-10)16-9-12(20)19-6-3-4-7-19/h8H,2-7,9H2,1H3,(H4,14,15,16,17,18). The summed E-state index contributed by atoms with van der Waals surface area (Å²) >= 11 is 0. The van der Waals surface area contributed by atoms with Crippen LogP contribution in [0.3, 0.4) is 0 Å². The molecule has 1 aliphatic heterocycles. The Kier molecular flexibility index (Phi) is 4.97. The minimum absolute atomic E-state index is 0.0998. The number of carbonyl (C=O) groups excluding carboxylic acids is 1. The summed E-state index contributed by atoms with van der Waals surface area (Å²) in [4.78, 5) is 22.0. The van der Waals surface area contributed by atoms with Gasteiger partial charge in [-0.15, -0.1) is 0 Å². The van der Waals surface area contributed by atoms with Gasteiger partial charge in [0.2, 0.25) is 11.9 Å². The van der Waals surface area contributed by atoms with Crippen molar-refractivity contribution in [3.8, 4) is 0 Å². The normalized spacial score (nSPS) is 14.3. The van der Waals surface area contributed by atoms with Crippen molar-refractivity contribution >= 4 is 23.5 Å². The van der Waals surface area contributed by atoms with Crippen LogP contribution >= 0.6 is 0 Å². The first kappa shape index (κ1) is 14.4. The lowest BCUT2D eigenvalue weighted by atomic mass is 10.4. The van der Waals surface area contributed by atoms with Crippen LogP contribution in [-0.4, -0.2) is 47.0 Å². The predicted molar refractivity (Wildman–Crippen MR) is 79.5 cm³/mol. The van der Waals surface area contributed by atoms with E-state index in [0.717, 1.165) is 38.9 Å². The Morgan fingerprint density at radius 3 is 2.60 bits per heavy atom. The Hall–Kier alpha value is -2.05. The molecular weight excluding hydrogens is 256 g/mol. The minimum Gasteiger partial charge on any atom is -0.370 e. The average Bonchev–Trinajstić information content (AvgIpc) is 2.96. The van der Waals surface area contributed by atoms with E-state index >= 15 is 0 Å². The molecule has 0 atom stereocenters. The first-order valence-corrected chi connectivity index (χ1v) is 7.09. The molecule has 1 aromatic heterocycles. The second-order valence-electron chi connectivity index (χ2n) is 4.86. The molecule has 1 aromatic rings. The molecule has 0 spiro atoms. The van der Waals surface area contributed by atoms with E-state index in [1.165, 1.54) is 0 Å². The molecule has 1 amide bonds. The molecule has 0 saturated carbocycles. The van der Waals surface area contributed by atoms with E-state index in [-0.39, 0.29) is 18.4 Å². The van der Waals surface area contributed by atoms with Crippen molar-refractivity contribution in [3.63, 3.8) is 0 Å². The lowest BCUT2D eigenvalue weighted by molar-refractivity contribution is -0.128. The number of nitrogens with one attached hydrogen (secondary N) is 2. The molecular formula is C13H22N6O. The highest BCUT2D eigenvalue weighted by molar-refractivity contribution is 5.81. The van der Waals surface area contributed by atoms with Crippen LogP contribution in [-0.2, 0) is 4.79 Å². The molecule has 0 aliphatic carbocycles. The lowest BCUT2D eigenvalue weighted by Crippen LogP contribution is -2.33. The highest BCUT2D eigenvalue weighted by Gasteiger charge is 2.17. The van der Waals surface area contributed by atoms with Crippen molar-refractivity contribution in [1.29, 1.82) is 0 Å². The molecule has 1 fully saturated rings. The fourth-order valence-electron chi connectivity index (χ4n) is 2.14. The number of aromatic nitrogens is 2. The van der Waals surface area contributed by atoms with E-state index < -0.39 is 0 Å². The molecule has 4 N–H and O–H groups in total. The highest BCUT2D eigenvalue weighted by atomic mass is 16.2. The van der Waals surface area contributed by atoms with Gasteiger partial charge in [-0.3, -0.25) is 4.79 Å². The maximum absolute atomic E-state index is 11.9. The van der Waals surface area contributed by atoms with Gasteiger partial charge in [0.1, 0.15) is 11.6 Å². The molecule has 20 heavy (non-hydrogen) atoms. The van der Waals surface area contributed by atoms with Crippen LogP contribution in [0.4, 0.5) is 17.6 Å². The number of carbonyl (C=O) groups is 1. The summed E-state index contributed by atoms with van der Waals surface area (Å²) in [6.07, 6.45) is 3.19. The van der Waals surface area contributed by atoms with Gasteiger partial charge in [0.15, 0.2) is 0 Å². The minimum atomic E-state index is 0.0998. The van der Waals surface area contributed by atoms with Crippen molar-refractivity contribution in [1.82, 2.24) is 14.9 Å². The third kappa shape index (κ3) is 3.97. The number of nitrogens with zero attached hydrogens (tertiary/aromatic N) is 3. The number of hydrogen-bond acceptors (Lipinski definition) is 6. The van der Waals surface area contributed by atoms with E-state index in [1.54, 1.807) is 6.07 Å². The zero-order chi connectivity index (χ0) is 14.4. The summed E-state index contributed by atoms with van der Waals surface area (Å²) < 4.78 is 0. The smallest absolute Gasteiger partial charge is 0.241 e. The molecule has 7 heteroatoms. The fourth-order valence-corrected chi connectivity index (χ4v) is 2.14. The lowest BCUT2D eigenvalue weighted by Gasteiger charge is -2.16. The fraction of sp³-hybridized carbons (Fsp3) is 0.615. The number of amides is 1. The van der Waals surface area contributed by atoms with E-state index in [1.807, 2.05) is 4.90 Å². The van der Waals surface area contributed by atoms with Crippen LogP contribution in [0.2, 0.25) is 0 Å². The number of nitrogen functional groups attached to an aromatic ring is 1. The highest BCUT2D eigenvalue weighted by Crippen LogP contribution is 2.13. The third-order valence-electron chi connectivity index (χ3n) is 3.18. The topological polar surface area (TPSA) is 96.2 Å². The first-order valence-electron chi connectivity index (χ1n) is 7.09. The molecule has 0 bridgehead atoms. The number of rotatable bonds is 6. The van der Waals surface area contributed by atoms with Gasteiger partial charge in [0, 0.05) is 25.7 Å². The molecule has 110 valence electrons. The van der Waals surface area contributed by atoms with Gasteiger partial charge in [-0.25, -0.2) is 0 Å². The maximum Gasteiger partial charge on any atom is 0.241 e.